The number of aromatic nitrogens is 5. The first-order chi connectivity index (χ1) is 28.6. The lowest BCUT2D eigenvalue weighted by Gasteiger charge is -2.10. The van der Waals surface area contributed by atoms with Gasteiger partial charge in [0.2, 0.25) is 0 Å². The number of hydrogen-bond donors (Lipinski definition) is 0. The van der Waals surface area contributed by atoms with Crippen LogP contribution in [-0.4, -0.2) is 24.9 Å². The SMILES string of the molecule is C=C(/C=C\C=C/C)c1nc(-c2cccc3oc4c(-c5nc(-c6ccccc6)c6sc7ccccc7c6n5)cccc4c23)nc(-c2cccc3sc4ccccc4c23)n1. The molecule has 6 aromatic carbocycles. The van der Waals surface area contributed by atoms with Crippen molar-refractivity contribution in [2.45, 2.75) is 6.92 Å². The monoisotopic (exact) mass is 781 g/mol. The number of allylic oxidation sites excluding steroid dienone is 5. The van der Waals surface area contributed by atoms with Crippen molar-refractivity contribution in [1.29, 1.82) is 0 Å². The maximum atomic E-state index is 6.80. The normalized spacial score (nSPS) is 12.2. The molecule has 0 atom stereocenters. The molecule has 0 saturated heterocycles. The molecule has 8 heteroatoms. The molecule has 0 bridgehead atoms. The van der Waals surface area contributed by atoms with Crippen LogP contribution in [0.4, 0.5) is 0 Å². The van der Waals surface area contributed by atoms with Crippen LogP contribution in [-0.2, 0) is 0 Å². The number of nitrogens with zero attached hydrogens (tertiary/aromatic N) is 5. The zero-order chi connectivity index (χ0) is 38.7. The summed E-state index contributed by atoms with van der Waals surface area (Å²) >= 11 is 3.49. The molecule has 0 fully saturated rings. The summed E-state index contributed by atoms with van der Waals surface area (Å²) in [5, 5.41) is 5.24. The van der Waals surface area contributed by atoms with Gasteiger partial charge in [0.15, 0.2) is 23.3 Å². The Kier molecular flexibility index (Phi) is 8.13. The topological polar surface area (TPSA) is 77.6 Å². The van der Waals surface area contributed by atoms with E-state index in [1.54, 1.807) is 22.7 Å². The first-order valence-corrected chi connectivity index (χ1v) is 20.6. The Morgan fingerprint density at radius 2 is 1.19 bits per heavy atom. The van der Waals surface area contributed by atoms with Crippen molar-refractivity contribution < 1.29 is 4.42 Å². The van der Waals surface area contributed by atoms with Gasteiger partial charge in [-0.15, -0.1) is 22.7 Å². The van der Waals surface area contributed by atoms with Gasteiger partial charge in [-0.2, -0.15) is 0 Å². The van der Waals surface area contributed by atoms with Gasteiger partial charge in [-0.3, -0.25) is 0 Å². The molecule has 5 heterocycles. The van der Waals surface area contributed by atoms with Crippen LogP contribution in [0.1, 0.15) is 12.7 Å². The van der Waals surface area contributed by atoms with E-state index in [0.717, 1.165) is 59.7 Å². The van der Waals surface area contributed by atoms with E-state index >= 15 is 0 Å². The smallest absolute Gasteiger partial charge is 0.164 e. The standard InChI is InChI=1S/C50H31N5OS2/c1-3-4-6-16-29(2)47-53-48(55-49(54-47)35-23-15-28-40-42(35)31-19-9-11-26-38(31)57-40)34-22-14-25-37-41(34)33-21-13-24-36(45(33)56-37)50-51-43(30-17-7-5-8-18-30)46-44(52-50)32-20-10-12-27-39(32)58-46/h3-28H,2H2,1H3/b4-3-,16-6-. The number of thiophene rings is 2. The lowest BCUT2D eigenvalue weighted by atomic mass is 10.0. The third-order valence-corrected chi connectivity index (χ3v) is 12.7. The number of furan rings is 1. The Balaban J connectivity index is 1.14. The third kappa shape index (κ3) is 5.56. The van der Waals surface area contributed by atoms with Gasteiger partial charge < -0.3 is 4.42 Å². The molecule has 0 saturated carbocycles. The van der Waals surface area contributed by atoms with Crippen LogP contribution in [0.3, 0.4) is 0 Å². The predicted octanol–water partition coefficient (Wildman–Crippen LogP) is 14.1. The molecule has 58 heavy (non-hydrogen) atoms. The van der Waals surface area contributed by atoms with Crippen molar-refractivity contribution in [1.82, 2.24) is 24.9 Å². The minimum absolute atomic E-state index is 0.501. The fourth-order valence-electron chi connectivity index (χ4n) is 7.79. The highest BCUT2D eigenvalue weighted by molar-refractivity contribution is 7.26. The predicted molar refractivity (Wildman–Crippen MR) is 243 cm³/mol. The first-order valence-electron chi connectivity index (χ1n) is 19.0. The van der Waals surface area contributed by atoms with E-state index in [1.165, 1.54) is 19.5 Å². The maximum absolute atomic E-state index is 6.80. The lowest BCUT2D eigenvalue weighted by Crippen LogP contribution is -2.02. The molecule has 5 aromatic heterocycles. The summed E-state index contributed by atoms with van der Waals surface area (Å²) in [5.74, 6) is 2.22. The van der Waals surface area contributed by atoms with Gasteiger partial charge in [0.25, 0.3) is 0 Å². The molecule has 0 amide bonds. The van der Waals surface area contributed by atoms with Gasteiger partial charge >= 0.3 is 0 Å². The maximum Gasteiger partial charge on any atom is 0.164 e. The van der Waals surface area contributed by atoms with E-state index < -0.39 is 0 Å². The van der Waals surface area contributed by atoms with Crippen LogP contribution in [0.2, 0.25) is 0 Å². The molecule has 11 rings (SSSR count). The zero-order valence-electron chi connectivity index (χ0n) is 31.2. The van der Waals surface area contributed by atoms with Crippen molar-refractivity contribution >= 4 is 90.7 Å². The van der Waals surface area contributed by atoms with E-state index in [-0.39, 0.29) is 0 Å². The summed E-state index contributed by atoms with van der Waals surface area (Å²) in [5.41, 5.74) is 7.55. The van der Waals surface area contributed by atoms with E-state index in [9.17, 15) is 0 Å². The van der Waals surface area contributed by atoms with Crippen LogP contribution in [0.25, 0.3) is 113 Å². The van der Waals surface area contributed by atoms with Crippen molar-refractivity contribution in [3.8, 4) is 45.4 Å². The highest BCUT2D eigenvalue weighted by atomic mass is 32.1. The summed E-state index contributed by atoms with van der Waals surface area (Å²) < 4.78 is 11.4. The second-order valence-corrected chi connectivity index (χ2v) is 16.1. The summed E-state index contributed by atoms with van der Waals surface area (Å²) in [6.45, 7) is 6.36. The van der Waals surface area contributed by atoms with E-state index in [4.69, 9.17) is 29.3 Å². The molecule has 274 valence electrons. The Morgan fingerprint density at radius 3 is 2.00 bits per heavy atom. The second kappa shape index (κ2) is 13.8. The fraction of sp³-hybridized carbons (Fsp3) is 0.0200. The second-order valence-electron chi connectivity index (χ2n) is 14.0. The summed E-state index contributed by atoms with van der Waals surface area (Å²) in [7, 11) is 0. The highest BCUT2D eigenvalue weighted by Crippen LogP contribution is 2.44. The number of para-hydroxylation sites is 1. The highest BCUT2D eigenvalue weighted by Gasteiger charge is 2.23. The number of rotatable bonds is 7. The van der Waals surface area contributed by atoms with Crippen molar-refractivity contribution in [2.75, 3.05) is 0 Å². The van der Waals surface area contributed by atoms with Crippen molar-refractivity contribution in [3.05, 3.63) is 170 Å². The van der Waals surface area contributed by atoms with Gasteiger partial charge in [-0.25, -0.2) is 24.9 Å². The van der Waals surface area contributed by atoms with Gasteiger partial charge in [-0.1, -0.05) is 134 Å². The third-order valence-electron chi connectivity index (χ3n) is 10.4. The van der Waals surface area contributed by atoms with Gasteiger partial charge in [0.1, 0.15) is 11.2 Å². The van der Waals surface area contributed by atoms with Crippen LogP contribution >= 0.6 is 22.7 Å². The average Bonchev–Trinajstić information content (AvgIpc) is 3.98. The first kappa shape index (κ1) is 34.1. The summed E-state index contributed by atoms with van der Waals surface area (Å²) in [6, 6.07) is 45.8. The average molecular weight is 782 g/mol. The largest absolute Gasteiger partial charge is 0.455 e. The molecule has 0 aliphatic heterocycles. The number of hydrogen-bond acceptors (Lipinski definition) is 8. The Labute approximate surface area is 340 Å². The quantitative estimate of drug-likeness (QED) is 0.150. The molecule has 6 nitrogen and oxygen atoms in total. The minimum atomic E-state index is 0.501. The minimum Gasteiger partial charge on any atom is -0.455 e. The van der Waals surface area contributed by atoms with Crippen LogP contribution in [0.5, 0.6) is 0 Å². The zero-order valence-corrected chi connectivity index (χ0v) is 32.8. The van der Waals surface area contributed by atoms with Crippen molar-refractivity contribution in [3.63, 3.8) is 0 Å². The molecule has 0 aliphatic carbocycles. The number of fused-ring (bicyclic) bond motifs is 9. The summed E-state index contributed by atoms with van der Waals surface area (Å²) in [6.07, 6.45) is 7.82. The summed E-state index contributed by atoms with van der Waals surface area (Å²) in [4.78, 5) is 25.9. The Morgan fingerprint density at radius 1 is 0.552 bits per heavy atom. The van der Waals surface area contributed by atoms with E-state index in [0.29, 0.717) is 40.0 Å². The molecular formula is C50H31N5OS2. The van der Waals surface area contributed by atoms with Crippen LogP contribution < -0.4 is 0 Å². The lowest BCUT2D eigenvalue weighted by molar-refractivity contribution is 0.669. The van der Waals surface area contributed by atoms with Crippen LogP contribution in [0.15, 0.2) is 169 Å². The molecule has 0 unspecified atom stereocenters. The van der Waals surface area contributed by atoms with E-state index in [1.807, 2.05) is 73.7 Å². The van der Waals surface area contributed by atoms with Gasteiger partial charge in [0.05, 0.1) is 21.5 Å². The molecule has 0 spiro atoms. The van der Waals surface area contributed by atoms with Crippen molar-refractivity contribution in [2.24, 2.45) is 0 Å². The van der Waals surface area contributed by atoms with Gasteiger partial charge in [-0.05, 0) is 37.3 Å². The van der Waals surface area contributed by atoms with Crippen LogP contribution in [0, 0.1) is 0 Å². The molecule has 0 radical (unpaired) electrons. The number of benzene rings is 6. The Hall–Kier alpha value is -7.13. The molecular weight excluding hydrogens is 751 g/mol. The molecule has 0 N–H and O–H groups in total. The van der Waals surface area contributed by atoms with E-state index in [2.05, 4.69) is 97.6 Å². The molecule has 0 aliphatic rings. The fourth-order valence-corrected chi connectivity index (χ4v) is 10.1. The Bertz CT molecular complexity index is 3500. The van der Waals surface area contributed by atoms with Gasteiger partial charge in [0, 0.05) is 63.3 Å². The molecule has 11 aromatic rings.